The third-order valence-electron chi connectivity index (χ3n) is 3.18. The number of benzene rings is 2. The average molecular weight is 280 g/mol. The summed E-state index contributed by atoms with van der Waals surface area (Å²) in [5.41, 5.74) is 2.44. The number of aliphatic carboxylic acids is 1. The van der Waals surface area contributed by atoms with Crippen molar-refractivity contribution < 1.29 is 9.90 Å². The molecule has 2 aromatic rings. The molecule has 0 aliphatic rings. The van der Waals surface area contributed by atoms with Gasteiger partial charge in [0.1, 0.15) is 6.54 Å². The standard InChI is InChI=1S/C17H16N2O2/c18-12-15-7-4-8-16(11-15)19(13-17(20)21)10-9-14-5-2-1-3-6-14/h1-8,11H,9-10,13H2,(H,20,21). The lowest BCUT2D eigenvalue weighted by Gasteiger charge is -2.23. The Balaban J connectivity index is 2.14. The van der Waals surface area contributed by atoms with E-state index in [4.69, 9.17) is 10.4 Å². The molecule has 0 aliphatic carbocycles. The van der Waals surface area contributed by atoms with Crippen LogP contribution in [0.5, 0.6) is 0 Å². The zero-order valence-electron chi connectivity index (χ0n) is 11.6. The van der Waals surface area contributed by atoms with Crippen LogP contribution in [0.4, 0.5) is 5.69 Å². The normalized spacial score (nSPS) is 9.86. The minimum absolute atomic E-state index is 0.0816. The highest BCUT2D eigenvalue weighted by Gasteiger charge is 2.11. The van der Waals surface area contributed by atoms with Gasteiger partial charge in [-0.05, 0) is 30.2 Å². The van der Waals surface area contributed by atoms with E-state index in [1.54, 1.807) is 23.1 Å². The summed E-state index contributed by atoms with van der Waals surface area (Å²) < 4.78 is 0. The second-order valence-corrected chi connectivity index (χ2v) is 4.71. The Labute approximate surface area is 123 Å². The lowest BCUT2D eigenvalue weighted by atomic mass is 10.1. The first kappa shape index (κ1) is 14.6. The van der Waals surface area contributed by atoms with Crippen LogP contribution < -0.4 is 4.90 Å². The molecule has 0 saturated carbocycles. The number of hydrogen-bond donors (Lipinski definition) is 1. The van der Waals surface area contributed by atoms with E-state index >= 15 is 0 Å². The van der Waals surface area contributed by atoms with Crippen LogP contribution in [0, 0.1) is 11.3 Å². The Morgan fingerprint density at radius 2 is 1.90 bits per heavy atom. The van der Waals surface area contributed by atoms with Crippen molar-refractivity contribution in [2.75, 3.05) is 18.0 Å². The van der Waals surface area contributed by atoms with E-state index in [0.717, 1.165) is 17.7 Å². The summed E-state index contributed by atoms with van der Waals surface area (Å²) >= 11 is 0. The average Bonchev–Trinajstić information content (AvgIpc) is 2.52. The summed E-state index contributed by atoms with van der Waals surface area (Å²) in [6, 6.07) is 19.0. The minimum atomic E-state index is -0.884. The maximum atomic E-state index is 11.0. The van der Waals surface area contributed by atoms with Crippen LogP contribution in [0.2, 0.25) is 0 Å². The molecule has 0 amide bonds. The molecule has 0 atom stereocenters. The summed E-state index contributed by atoms with van der Waals surface area (Å²) in [6.07, 6.45) is 0.755. The van der Waals surface area contributed by atoms with Crippen molar-refractivity contribution in [3.63, 3.8) is 0 Å². The number of carboxylic acid groups (broad SMARTS) is 1. The Hall–Kier alpha value is -2.80. The van der Waals surface area contributed by atoms with Crippen molar-refractivity contribution in [2.45, 2.75) is 6.42 Å². The highest BCUT2D eigenvalue weighted by atomic mass is 16.4. The molecule has 0 radical (unpaired) electrons. The van der Waals surface area contributed by atoms with Crippen LogP contribution in [0.25, 0.3) is 0 Å². The molecule has 0 aromatic heterocycles. The molecule has 0 heterocycles. The molecule has 1 N–H and O–H groups in total. The number of hydrogen-bond acceptors (Lipinski definition) is 3. The molecule has 0 unspecified atom stereocenters. The fourth-order valence-electron chi connectivity index (χ4n) is 2.14. The van der Waals surface area contributed by atoms with Gasteiger partial charge >= 0.3 is 5.97 Å². The molecule has 2 aromatic carbocycles. The summed E-state index contributed by atoms with van der Waals surface area (Å²) in [5.74, 6) is -0.884. The largest absolute Gasteiger partial charge is 0.480 e. The Kier molecular flexibility index (Phi) is 4.94. The topological polar surface area (TPSA) is 64.3 Å². The van der Waals surface area contributed by atoms with Gasteiger partial charge < -0.3 is 10.0 Å². The predicted octanol–water partition coefficient (Wildman–Crippen LogP) is 2.69. The Bertz CT molecular complexity index is 647. The van der Waals surface area contributed by atoms with Crippen molar-refractivity contribution >= 4 is 11.7 Å². The quantitative estimate of drug-likeness (QED) is 0.883. The predicted molar refractivity (Wildman–Crippen MR) is 81.2 cm³/mol. The van der Waals surface area contributed by atoms with E-state index in [9.17, 15) is 4.79 Å². The third kappa shape index (κ3) is 4.36. The SMILES string of the molecule is N#Cc1cccc(N(CCc2ccccc2)CC(=O)O)c1. The van der Waals surface area contributed by atoms with E-state index in [2.05, 4.69) is 6.07 Å². The highest BCUT2D eigenvalue weighted by Crippen LogP contribution is 2.16. The van der Waals surface area contributed by atoms with Gasteiger partial charge in [0.2, 0.25) is 0 Å². The fraction of sp³-hybridized carbons (Fsp3) is 0.176. The van der Waals surface area contributed by atoms with E-state index in [-0.39, 0.29) is 6.54 Å². The lowest BCUT2D eigenvalue weighted by Crippen LogP contribution is -2.31. The highest BCUT2D eigenvalue weighted by molar-refractivity contribution is 5.74. The maximum Gasteiger partial charge on any atom is 0.323 e. The Morgan fingerprint density at radius 1 is 1.14 bits per heavy atom. The number of nitrogens with zero attached hydrogens (tertiary/aromatic N) is 2. The molecular formula is C17H16N2O2. The molecular weight excluding hydrogens is 264 g/mol. The summed E-state index contributed by atoms with van der Waals surface area (Å²) in [6.45, 7) is 0.507. The number of carbonyl (C=O) groups is 1. The van der Waals surface area contributed by atoms with Gasteiger partial charge in [0.15, 0.2) is 0 Å². The lowest BCUT2D eigenvalue weighted by molar-refractivity contribution is -0.135. The number of anilines is 1. The van der Waals surface area contributed by atoms with Gasteiger partial charge in [0, 0.05) is 12.2 Å². The van der Waals surface area contributed by atoms with Gasteiger partial charge in [-0.2, -0.15) is 5.26 Å². The molecule has 4 heteroatoms. The summed E-state index contributed by atoms with van der Waals surface area (Å²) in [7, 11) is 0. The summed E-state index contributed by atoms with van der Waals surface area (Å²) in [4.78, 5) is 12.8. The molecule has 0 aliphatic heterocycles. The van der Waals surface area contributed by atoms with Gasteiger partial charge in [-0.25, -0.2) is 0 Å². The Morgan fingerprint density at radius 3 is 2.57 bits per heavy atom. The number of rotatable bonds is 6. The first-order chi connectivity index (χ1) is 10.2. The van der Waals surface area contributed by atoms with Crippen molar-refractivity contribution in [2.24, 2.45) is 0 Å². The first-order valence-electron chi connectivity index (χ1n) is 6.70. The molecule has 0 saturated heterocycles. The van der Waals surface area contributed by atoms with E-state index in [1.807, 2.05) is 36.4 Å². The molecule has 21 heavy (non-hydrogen) atoms. The van der Waals surface area contributed by atoms with Crippen LogP contribution in [-0.2, 0) is 11.2 Å². The van der Waals surface area contributed by atoms with Gasteiger partial charge in [-0.1, -0.05) is 36.4 Å². The molecule has 106 valence electrons. The van der Waals surface area contributed by atoms with Crippen LogP contribution >= 0.6 is 0 Å². The zero-order valence-corrected chi connectivity index (χ0v) is 11.6. The van der Waals surface area contributed by atoms with E-state index < -0.39 is 5.97 Å². The van der Waals surface area contributed by atoms with Crippen molar-refractivity contribution in [3.8, 4) is 6.07 Å². The maximum absolute atomic E-state index is 11.0. The van der Waals surface area contributed by atoms with Crippen LogP contribution in [0.3, 0.4) is 0 Å². The van der Waals surface area contributed by atoms with Crippen LogP contribution in [-0.4, -0.2) is 24.2 Å². The number of nitriles is 1. The van der Waals surface area contributed by atoms with Crippen LogP contribution in [0.15, 0.2) is 54.6 Å². The zero-order chi connectivity index (χ0) is 15.1. The first-order valence-corrected chi connectivity index (χ1v) is 6.70. The van der Waals surface area contributed by atoms with E-state index in [0.29, 0.717) is 12.1 Å². The second kappa shape index (κ2) is 7.11. The van der Waals surface area contributed by atoms with Gasteiger partial charge in [-0.3, -0.25) is 4.79 Å². The smallest absolute Gasteiger partial charge is 0.323 e. The van der Waals surface area contributed by atoms with Crippen molar-refractivity contribution in [1.29, 1.82) is 5.26 Å². The summed E-state index contributed by atoms with van der Waals surface area (Å²) in [5, 5.41) is 18.0. The van der Waals surface area contributed by atoms with E-state index in [1.165, 1.54) is 0 Å². The van der Waals surface area contributed by atoms with Crippen LogP contribution in [0.1, 0.15) is 11.1 Å². The minimum Gasteiger partial charge on any atom is -0.480 e. The molecule has 4 nitrogen and oxygen atoms in total. The third-order valence-corrected chi connectivity index (χ3v) is 3.18. The number of carboxylic acids is 1. The van der Waals surface area contributed by atoms with Gasteiger partial charge in [-0.15, -0.1) is 0 Å². The monoisotopic (exact) mass is 280 g/mol. The molecule has 0 bridgehead atoms. The molecule has 2 rings (SSSR count). The fourth-order valence-corrected chi connectivity index (χ4v) is 2.14. The van der Waals surface area contributed by atoms with Crippen molar-refractivity contribution in [1.82, 2.24) is 0 Å². The molecule has 0 fully saturated rings. The van der Waals surface area contributed by atoms with Gasteiger partial charge in [0.05, 0.1) is 11.6 Å². The second-order valence-electron chi connectivity index (χ2n) is 4.71. The van der Waals surface area contributed by atoms with Gasteiger partial charge in [0.25, 0.3) is 0 Å². The van der Waals surface area contributed by atoms with Crippen molar-refractivity contribution in [3.05, 3.63) is 65.7 Å². The molecule has 0 spiro atoms.